The minimum Gasteiger partial charge on any atom is -0.338 e. The third-order valence-electron chi connectivity index (χ3n) is 3.72. The average Bonchev–Trinajstić information content (AvgIpc) is 2.79. The number of amides is 2. The second-order valence-corrected chi connectivity index (χ2v) is 7.80. The highest BCUT2D eigenvalue weighted by atomic mass is 35.5. The predicted octanol–water partition coefficient (Wildman–Crippen LogP) is 2.16. The third kappa shape index (κ3) is 4.59. The minimum absolute atomic E-state index is 0.127. The molecule has 1 heterocycles. The van der Waals surface area contributed by atoms with Crippen molar-refractivity contribution >= 4 is 27.7 Å². The van der Waals surface area contributed by atoms with Gasteiger partial charge in [-0.25, -0.2) is 13.2 Å². The van der Waals surface area contributed by atoms with Gasteiger partial charge in [-0.15, -0.1) is 0 Å². The summed E-state index contributed by atoms with van der Waals surface area (Å²) in [7, 11) is -3.55. The van der Waals surface area contributed by atoms with Gasteiger partial charge >= 0.3 is 6.03 Å². The van der Waals surface area contributed by atoms with Crippen molar-refractivity contribution < 1.29 is 13.2 Å². The van der Waals surface area contributed by atoms with Crippen LogP contribution in [0, 0.1) is 0 Å². The fourth-order valence-electron chi connectivity index (χ4n) is 2.44. The Bertz CT molecular complexity index is 634. The first kappa shape index (κ1) is 18.0. The first-order chi connectivity index (χ1) is 10.9. The van der Waals surface area contributed by atoms with Crippen LogP contribution in [0.2, 0.25) is 5.02 Å². The van der Waals surface area contributed by atoms with Gasteiger partial charge in [0.25, 0.3) is 0 Å². The van der Waals surface area contributed by atoms with Crippen molar-refractivity contribution in [3.05, 3.63) is 29.3 Å². The Hall–Kier alpha value is -1.31. The van der Waals surface area contributed by atoms with Gasteiger partial charge in [-0.3, -0.25) is 0 Å². The lowest BCUT2D eigenvalue weighted by Gasteiger charge is -2.22. The van der Waals surface area contributed by atoms with Crippen LogP contribution in [0.3, 0.4) is 0 Å². The normalized spacial score (nSPS) is 16.9. The Morgan fingerprint density at radius 2 is 1.87 bits per heavy atom. The molecule has 1 aliphatic rings. The van der Waals surface area contributed by atoms with Crippen LogP contribution in [0.4, 0.5) is 4.79 Å². The summed E-state index contributed by atoms with van der Waals surface area (Å²) in [5.41, 5.74) is 0. The Kier molecular flexibility index (Phi) is 6.26. The molecule has 23 heavy (non-hydrogen) atoms. The average molecular weight is 360 g/mol. The molecule has 8 heteroatoms. The summed E-state index contributed by atoms with van der Waals surface area (Å²) in [6, 6.07) is 6.02. The van der Waals surface area contributed by atoms with Gasteiger partial charge in [0.1, 0.15) is 0 Å². The van der Waals surface area contributed by atoms with E-state index in [1.54, 1.807) is 17.0 Å². The maximum absolute atomic E-state index is 12.7. The summed E-state index contributed by atoms with van der Waals surface area (Å²) < 4.78 is 26.8. The Balaban J connectivity index is 2.04. The number of carbonyl (C=O) groups is 1. The van der Waals surface area contributed by atoms with Gasteiger partial charge < -0.3 is 10.2 Å². The molecule has 1 saturated heterocycles. The third-order valence-corrected chi connectivity index (χ3v) is 5.88. The number of carbonyl (C=O) groups excluding carboxylic acids is 1. The van der Waals surface area contributed by atoms with E-state index in [0.29, 0.717) is 44.2 Å². The van der Waals surface area contributed by atoms with Gasteiger partial charge in [0, 0.05) is 37.7 Å². The summed E-state index contributed by atoms with van der Waals surface area (Å²) in [5, 5.41) is 3.32. The number of rotatable bonds is 4. The molecule has 1 aromatic rings. The summed E-state index contributed by atoms with van der Waals surface area (Å²) in [4.78, 5) is 13.9. The second kappa shape index (κ2) is 7.99. The van der Waals surface area contributed by atoms with Crippen LogP contribution >= 0.6 is 11.6 Å². The number of urea groups is 1. The molecule has 0 spiro atoms. The maximum Gasteiger partial charge on any atom is 0.317 e. The highest BCUT2D eigenvalue weighted by Crippen LogP contribution is 2.20. The molecule has 1 aliphatic heterocycles. The zero-order valence-corrected chi connectivity index (χ0v) is 14.7. The number of hydrogen-bond donors (Lipinski definition) is 1. The topological polar surface area (TPSA) is 69.7 Å². The fourth-order valence-corrected chi connectivity index (χ4v) is 4.03. The standard InChI is InChI=1S/C15H22ClN3O3S/c1-2-8-17-15(20)18-9-3-10-19(12-11-18)23(21,22)14-6-4-13(16)5-7-14/h4-7H,2-3,8-12H2,1H3,(H,17,20). The quantitative estimate of drug-likeness (QED) is 0.895. The molecule has 0 bridgehead atoms. The lowest BCUT2D eigenvalue weighted by Crippen LogP contribution is -2.42. The molecule has 1 fully saturated rings. The van der Waals surface area contributed by atoms with E-state index in [0.717, 1.165) is 6.42 Å². The highest BCUT2D eigenvalue weighted by Gasteiger charge is 2.28. The molecule has 0 radical (unpaired) electrons. The van der Waals surface area contributed by atoms with Gasteiger partial charge in [0.05, 0.1) is 4.90 Å². The molecule has 0 atom stereocenters. The van der Waals surface area contributed by atoms with Gasteiger partial charge in [0.15, 0.2) is 0 Å². The van der Waals surface area contributed by atoms with Gasteiger partial charge in [-0.1, -0.05) is 18.5 Å². The van der Waals surface area contributed by atoms with Crippen molar-refractivity contribution in [2.45, 2.75) is 24.7 Å². The van der Waals surface area contributed by atoms with Crippen LogP contribution in [0.1, 0.15) is 19.8 Å². The molecular formula is C15H22ClN3O3S. The van der Waals surface area contributed by atoms with E-state index >= 15 is 0 Å². The van der Waals surface area contributed by atoms with Crippen molar-refractivity contribution in [1.29, 1.82) is 0 Å². The van der Waals surface area contributed by atoms with E-state index in [4.69, 9.17) is 11.6 Å². The molecule has 1 aromatic carbocycles. The Morgan fingerprint density at radius 1 is 1.17 bits per heavy atom. The van der Waals surface area contributed by atoms with Crippen LogP contribution in [0.25, 0.3) is 0 Å². The minimum atomic E-state index is -3.55. The van der Waals surface area contributed by atoms with Gasteiger partial charge in [0.2, 0.25) is 10.0 Å². The summed E-state index contributed by atoms with van der Waals surface area (Å²) in [6.07, 6.45) is 1.49. The van der Waals surface area contributed by atoms with Crippen LogP contribution < -0.4 is 5.32 Å². The van der Waals surface area contributed by atoms with Crippen LogP contribution in [0.15, 0.2) is 29.2 Å². The number of benzene rings is 1. The molecule has 0 aliphatic carbocycles. The monoisotopic (exact) mass is 359 g/mol. The van der Waals surface area contributed by atoms with Crippen molar-refractivity contribution in [2.75, 3.05) is 32.7 Å². The number of hydrogen-bond acceptors (Lipinski definition) is 3. The lowest BCUT2D eigenvalue weighted by molar-refractivity contribution is 0.200. The van der Waals surface area contributed by atoms with Gasteiger partial charge in [-0.05, 0) is 37.1 Å². The zero-order chi connectivity index (χ0) is 16.9. The first-order valence-corrected chi connectivity index (χ1v) is 9.55. The van der Waals surface area contributed by atoms with E-state index in [1.807, 2.05) is 6.92 Å². The number of sulfonamides is 1. The molecule has 2 rings (SSSR count). The maximum atomic E-state index is 12.7. The lowest BCUT2D eigenvalue weighted by atomic mass is 10.4. The summed E-state index contributed by atoms with van der Waals surface area (Å²) in [6.45, 7) is 4.27. The fraction of sp³-hybridized carbons (Fsp3) is 0.533. The molecule has 0 aromatic heterocycles. The number of halogens is 1. The molecule has 1 N–H and O–H groups in total. The van der Waals surface area contributed by atoms with Crippen molar-refractivity contribution in [3.8, 4) is 0 Å². The van der Waals surface area contributed by atoms with Crippen LogP contribution in [-0.4, -0.2) is 56.4 Å². The molecule has 0 unspecified atom stereocenters. The molecule has 6 nitrogen and oxygen atoms in total. The second-order valence-electron chi connectivity index (χ2n) is 5.43. The van der Waals surface area contributed by atoms with Crippen LogP contribution in [-0.2, 0) is 10.0 Å². The smallest absolute Gasteiger partial charge is 0.317 e. The van der Waals surface area contributed by atoms with E-state index < -0.39 is 10.0 Å². The summed E-state index contributed by atoms with van der Waals surface area (Å²) >= 11 is 5.81. The van der Waals surface area contributed by atoms with E-state index in [1.165, 1.54) is 16.4 Å². The van der Waals surface area contributed by atoms with Gasteiger partial charge in [-0.2, -0.15) is 4.31 Å². The number of nitrogens with zero attached hydrogens (tertiary/aromatic N) is 2. The molecular weight excluding hydrogens is 338 g/mol. The molecule has 2 amide bonds. The van der Waals surface area contributed by atoms with E-state index in [-0.39, 0.29) is 10.9 Å². The van der Waals surface area contributed by atoms with Crippen LogP contribution in [0.5, 0.6) is 0 Å². The van der Waals surface area contributed by atoms with Crippen molar-refractivity contribution in [1.82, 2.24) is 14.5 Å². The largest absolute Gasteiger partial charge is 0.338 e. The van der Waals surface area contributed by atoms with Crippen molar-refractivity contribution in [3.63, 3.8) is 0 Å². The van der Waals surface area contributed by atoms with E-state index in [2.05, 4.69) is 5.32 Å². The first-order valence-electron chi connectivity index (χ1n) is 7.73. The molecule has 0 saturated carbocycles. The predicted molar refractivity (Wildman–Crippen MR) is 90.1 cm³/mol. The highest BCUT2D eigenvalue weighted by molar-refractivity contribution is 7.89. The van der Waals surface area contributed by atoms with E-state index in [9.17, 15) is 13.2 Å². The number of nitrogens with one attached hydrogen (secondary N) is 1. The summed E-state index contributed by atoms with van der Waals surface area (Å²) in [5.74, 6) is 0. The SMILES string of the molecule is CCCNC(=O)N1CCCN(S(=O)(=O)c2ccc(Cl)cc2)CC1. The van der Waals surface area contributed by atoms with Crippen molar-refractivity contribution in [2.24, 2.45) is 0 Å². The Morgan fingerprint density at radius 3 is 2.52 bits per heavy atom. The molecule has 128 valence electrons. The zero-order valence-electron chi connectivity index (χ0n) is 13.2. The Labute approximate surface area is 142 Å².